The summed E-state index contributed by atoms with van der Waals surface area (Å²) >= 11 is 2.20. The lowest BCUT2D eigenvalue weighted by Gasteiger charge is -2.29. The Balaban J connectivity index is 1.50. The Hall–Kier alpha value is 0.270. The lowest BCUT2D eigenvalue weighted by atomic mass is 10.2. The first kappa shape index (κ1) is 12.3. The van der Waals surface area contributed by atoms with Crippen molar-refractivity contribution >= 4 is 11.8 Å². The van der Waals surface area contributed by atoms with Crippen LogP contribution in [0.4, 0.5) is 0 Å². The highest BCUT2D eigenvalue weighted by Crippen LogP contribution is 2.35. The van der Waals surface area contributed by atoms with E-state index < -0.39 is 0 Å². The Morgan fingerprint density at radius 1 is 1.12 bits per heavy atom. The predicted molar refractivity (Wildman–Crippen MR) is 75.7 cm³/mol. The summed E-state index contributed by atoms with van der Waals surface area (Å²) in [6.07, 6.45) is 8.60. The van der Waals surface area contributed by atoms with Gasteiger partial charge in [-0.2, -0.15) is 11.8 Å². The van der Waals surface area contributed by atoms with E-state index in [9.17, 15) is 0 Å². The molecule has 3 fully saturated rings. The molecule has 0 spiro atoms. The number of rotatable bonds is 5. The van der Waals surface area contributed by atoms with Crippen LogP contribution in [0.5, 0.6) is 0 Å². The molecule has 3 heteroatoms. The van der Waals surface area contributed by atoms with Gasteiger partial charge in [0, 0.05) is 36.5 Å². The third-order valence-corrected chi connectivity index (χ3v) is 5.85. The van der Waals surface area contributed by atoms with Crippen molar-refractivity contribution in [2.24, 2.45) is 0 Å². The highest BCUT2D eigenvalue weighted by molar-refractivity contribution is 7.99. The summed E-state index contributed by atoms with van der Waals surface area (Å²) in [5.41, 5.74) is 0. The molecular formula is C14H26N2S. The highest BCUT2D eigenvalue weighted by Gasteiger charge is 2.37. The smallest absolute Gasteiger partial charge is 0.0215 e. The van der Waals surface area contributed by atoms with Crippen LogP contribution in [0.1, 0.15) is 45.4 Å². The van der Waals surface area contributed by atoms with Crippen LogP contribution in [0, 0.1) is 0 Å². The zero-order valence-corrected chi connectivity index (χ0v) is 11.8. The second-order valence-corrected chi connectivity index (χ2v) is 7.43. The van der Waals surface area contributed by atoms with E-state index in [1.54, 1.807) is 0 Å². The largest absolute Gasteiger partial charge is 0.310 e. The Morgan fingerprint density at radius 3 is 2.76 bits per heavy atom. The number of likely N-dealkylation sites (tertiary alicyclic amines) is 1. The van der Waals surface area contributed by atoms with Gasteiger partial charge in [-0.15, -0.1) is 0 Å². The number of hydrogen-bond acceptors (Lipinski definition) is 3. The van der Waals surface area contributed by atoms with Crippen molar-refractivity contribution in [1.29, 1.82) is 0 Å². The van der Waals surface area contributed by atoms with E-state index in [4.69, 9.17) is 0 Å². The minimum Gasteiger partial charge on any atom is -0.310 e. The van der Waals surface area contributed by atoms with E-state index in [1.165, 1.54) is 57.4 Å². The molecule has 1 heterocycles. The van der Waals surface area contributed by atoms with Crippen LogP contribution in [-0.2, 0) is 0 Å². The van der Waals surface area contributed by atoms with Gasteiger partial charge in [0.05, 0.1) is 0 Å². The van der Waals surface area contributed by atoms with Crippen molar-refractivity contribution in [2.45, 2.75) is 68.8 Å². The second kappa shape index (κ2) is 5.50. The summed E-state index contributed by atoms with van der Waals surface area (Å²) in [5, 5.41) is 4.73. The standard InChI is InChI=1S/C14H26N2S/c1-2-17-14-5-3-4-13(14)16-9-8-12(10-16)15-11-6-7-11/h11-15H,2-10H2,1H3. The van der Waals surface area contributed by atoms with Gasteiger partial charge >= 0.3 is 0 Å². The van der Waals surface area contributed by atoms with Crippen LogP contribution < -0.4 is 5.32 Å². The second-order valence-electron chi connectivity index (χ2n) is 5.91. The molecule has 2 aliphatic carbocycles. The molecule has 2 nitrogen and oxygen atoms in total. The third-order valence-electron chi connectivity index (χ3n) is 4.54. The normalized spacial score (nSPS) is 39.0. The van der Waals surface area contributed by atoms with Crippen LogP contribution in [0.2, 0.25) is 0 Å². The van der Waals surface area contributed by atoms with E-state index in [0.29, 0.717) is 0 Å². The van der Waals surface area contributed by atoms with Gasteiger partial charge in [-0.1, -0.05) is 13.3 Å². The number of thioether (sulfide) groups is 1. The van der Waals surface area contributed by atoms with Gasteiger partial charge in [-0.25, -0.2) is 0 Å². The SMILES string of the molecule is CCSC1CCCC1N1CCC(NC2CC2)C1. The Kier molecular flexibility index (Phi) is 3.98. The van der Waals surface area contributed by atoms with Crippen LogP contribution in [-0.4, -0.2) is 47.1 Å². The van der Waals surface area contributed by atoms with Gasteiger partial charge in [-0.3, -0.25) is 4.90 Å². The molecule has 3 aliphatic rings. The number of nitrogens with zero attached hydrogens (tertiary/aromatic N) is 1. The first-order valence-electron chi connectivity index (χ1n) is 7.48. The maximum atomic E-state index is 3.80. The molecule has 0 amide bonds. The third kappa shape index (κ3) is 2.99. The van der Waals surface area contributed by atoms with Crippen LogP contribution in [0.3, 0.4) is 0 Å². The molecule has 0 bridgehead atoms. The van der Waals surface area contributed by atoms with Gasteiger partial charge in [0.1, 0.15) is 0 Å². The van der Waals surface area contributed by atoms with Gasteiger partial charge in [0.25, 0.3) is 0 Å². The molecule has 1 saturated heterocycles. The molecule has 0 aromatic rings. The van der Waals surface area contributed by atoms with Gasteiger partial charge in [0.2, 0.25) is 0 Å². The molecule has 0 aromatic heterocycles. The molecule has 2 saturated carbocycles. The van der Waals surface area contributed by atoms with Crippen LogP contribution in [0.25, 0.3) is 0 Å². The zero-order chi connectivity index (χ0) is 11.7. The summed E-state index contributed by atoms with van der Waals surface area (Å²) in [5.74, 6) is 1.29. The fraction of sp³-hybridized carbons (Fsp3) is 1.00. The first-order valence-corrected chi connectivity index (χ1v) is 8.53. The number of hydrogen-bond donors (Lipinski definition) is 1. The summed E-state index contributed by atoms with van der Waals surface area (Å²) in [4.78, 5) is 2.79. The van der Waals surface area contributed by atoms with Crippen molar-refractivity contribution in [1.82, 2.24) is 10.2 Å². The van der Waals surface area contributed by atoms with Gasteiger partial charge < -0.3 is 5.32 Å². The first-order chi connectivity index (χ1) is 8.36. The predicted octanol–water partition coefficient (Wildman–Crippen LogP) is 2.49. The molecule has 0 aromatic carbocycles. The van der Waals surface area contributed by atoms with Crippen molar-refractivity contribution in [3.05, 3.63) is 0 Å². The Labute approximate surface area is 110 Å². The fourth-order valence-electron chi connectivity index (χ4n) is 3.54. The minimum absolute atomic E-state index is 0.801. The van der Waals surface area contributed by atoms with E-state index >= 15 is 0 Å². The van der Waals surface area contributed by atoms with Crippen molar-refractivity contribution in [3.8, 4) is 0 Å². The molecule has 17 heavy (non-hydrogen) atoms. The average molecular weight is 254 g/mol. The lowest BCUT2D eigenvalue weighted by molar-refractivity contribution is 0.244. The average Bonchev–Trinajstić information content (AvgIpc) is 2.83. The van der Waals surface area contributed by atoms with Crippen molar-refractivity contribution < 1.29 is 0 Å². The minimum atomic E-state index is 0.801. The summed E-state index contributed by atoms with van der Waals surface area (Å²) < 4.78 is 0. The maximum Gasteiger partial charge on any atom is 0.0215 e. The summed E-state index contributed by atoms with van der Waals surface area (Å²) in [7, 11) is 0. The topological polar surface area (TPSA) is 15.3 Å². The molecule has 0 radical (unpaired) electrons. The van der Waals surface area contributed by atoms with E-state index in [2.05, 4.69) is 28.9 Å². The molecule has 3 atom stereocenters. The zero-order valence-electron chi connectivity index (χ0n) is 11.0. The van der Waals surface area contributed by atoms with Crippen LogP contribution in [0.15, 0.2) is 0 Å². The molecule has 1 aliphatic heterocycles. The van der Waals surface area contributed by atoms with Gasteiger partial charge in [-0.05, 0) is 37.9 Å². The van der Waals surface area contributed by atoms with Crippen LogP contribution >= 0.6 is 11.8 Å². The molecular weight excluding hydrogens is 228 g/mol. The van der Waals surface area contributed by atoms with E-state index in [0.717, 1.165) is 23.4 Å². The molecule has 3 rings (SSSR count). The maximum absolute atomic E-state index is 3.80. The molecule has 98 valence electrons. The highest BCUT2D eigenvalue weighted by atomic mass is 32.2. The fourth-order valence-corrected chi connectivity index (χ4v) is 4.83. The number of nitrogens with one attached hydrogen (secondary N) is 1. The van der Waals surface area contributed by atoms with Crippen molar-refractivity contribution in [2.75, 3.05) is 18.8 Å². The monoisotopic (exact) mass is 254 g/mol. The Bertz CT molecular complexity index is 255. The van der Waals surface area contributed by atoms with Gasteiger partial charge in [0.15, 0.2) is 0 Å². The summed E-state index contributed by atoms with van der Waals surface area (Å²) in [6.45, 7) is 4.97. The summed E-state index contributed by atoms with van der Waals surface area (Å²) in [6, 6.07) is 2.57. The Morgan fingerprint density at radius 2 is 2.00 bits per heavy atom. The molecule has 1 N–H and O–H groups in total. The van der Waals surface area contributed by atoms with E-state index in [1.807, 2.05) is 0 Å². The van der Waals surface area contributed by atoms with Crippen molar-refractivity contribution in [3.63, 3.8) is 0 Å². The quantitative estimate of drug-likeness (QED) is 0.811. The lowest BCUT2D eigenvalue weighted by Crippen LogP contribution is -2.40. The molecule has 3 unspecified atom stereocenters. The van der Waals surface area contributed by atoms with E-state index in [-0.39, 0.29) is 0 Å².